The first-order valence-corrected chi connectivity index (χ1v) is 7.83. The zero-order chi connectivity index (χ0) is 17.5. The smallest absolute Gasteiger partial charge is 0.344 e. The van der Waals surface area contributed by atoms with Crippen molar-refractivity contribution in [1.29, 1.82) is 0 Å². The summed E-state index contributed by atoms with van der Waals surface area (Å²) >= 11 is 0. The number of nitrogens with zero attached hydrogens (tertiary/aromatic N) is 1. The van der Waals surface area contributed by atoms with Gasteiger partial charge in [-0.05, 0) is 31.4 Å². The van der Waals surface area contributed by atoms with Crippen molar-refractivity contribution >= 4 is 17.8 Å². The molecular weight excluding hydrogens is 312 g/mol. The normalized spacial score (nSPS) is 13.1. The number of carbonyl (C=O) groups excluding carboxylic acids is 3. The molecule has 0 heterocycles. The van der Waals surface area contributed by atoms with Gasteiger partial charge in [-0.3, -0.25) is 9.59 Å². The summed E-state index contributed by atoms with van der Waals surface area (Å²) in [7, 11) is 1.49. The number of carbonyl (C=O) groups is 3. The number of hydrogen-bond donors (Lipinski definition) is 1. The Balaban J connectivity index is 1.65. The van der Waals surface area contributed by atoms with E-state index >= 15 is 0 Å². The van der Waals surface area contributed by atoms with Crippen molar-refractivity contribution in [2.24, 2.45) is 0 Å². The van der Waals surface area contributed by atoms with E-state index in [2.05, 4.69) is 5.32 Å². The van der Waals surface area contributed by atoms with Crippen LogP contribution in [0.5, 0.6) is 5.75 Å². The monoisotopic (exact) mass is 334 g/mol. The van der Waals surface area contributed by atoms with Gasteiger partial charge < -0.3 is 19.7 Å². The molecule has 1 fully saturated rings. The minimum absolute atomic E-state index is 0.0490. The van der Waals surface area contributed by atoms with Crippen LogP contribution in [0.2, 0.25) is 0 Å². The molecule has 130 valence electrons. The maximum Gasteiger partial charge on any atom is 0.344 e. The van der Waals surface area contributed by atoms with Crippen LogP contribution in [0.1, 0.15) is 18.4 Å². The van der Waals surface area contributed by atoms with Crippen LogP contribution < -0.4 is 10.1 Å². The molecule has 1 aromatic rings. The van der Waals surface area contributed by atoms with Crippen molar-refractivity contribution in [3.05, 3.63) is 29.8 Å². The third kappa shape index (κ3) is 5.91. The molecule has 0 radical (unpaired) electrons. The first-order valence-electron chi connectivity index (χ1n) is 7.83. The predicted molar refractivity (Wildman–Crippen MR) is 86.4 cm³/mol. The van der Waals surface area contributed by atoms with E-state index in [-0.39, 0.29) is 25.1 Å². The van der Waals surface area contributed by atoms with Crippen LogP contribution >= 0.6 is 0 Å². The topological polar surface area (TPSA) is 84.9 Å². The number of para-hydroxylation sites is 1. The third-order valence-corrected chi connectivity index (χ3v) is 3.54. The minimum Gasteiger partial charge on any atom is -0.482 e. The second-order valence-electron chi connectivity index (χ2n) is 5.81. The predicted octanol–water partition coefficient (Wildman–Crippen LogP) is 0.654. The fourth-order valence-electron chi connectivity index (χ4n) is 1.95. The van der Waals surface area contributed by atoms with E-state index in [1.54, 1.807) is 12.1 Å². The molecule has 1 aromatic carbocycles. The van der Waals surface area contributed by atoms with Crippen LogP contribution in [-0.2, 0) is 19.1 Å². The van der Waals surface area contributed by atoms with Gasteiger partial charge in [-0.25, -0.2) is 4.79 Å². The van der Waals surface area contributed by atoms with Crippen molar-refractivity contribution < 1.29 is 23.9 Å². The lowest BCUT2D eigenvalue weighted by Gasteiger charge is -2.16. The number of benzene rings is 1. The maximum atomic E-state index is 11.8. The van der Waals surface area contributed by atoms with Crippen LogP contribution in [0.15, 0.2) is 24.3 Å². The Labute approximate surface area is 140 Å². The first-order chi connectivity index (χ1) is 11.5. The van der Waals surface area contributed by atoms with E-state index < -0.39 is 18.5 Å². The Kier molecular flexibility index (Phi) is 6.17. The third-order valence-electron chi connectivity index (χ3n) is 3.54. The van der Waals surface area contributed by atoms with Gasteiger partial charge in [-0.15, -0.1) is 0 Å². The van der Waals surface area contributed by atoms with Crippen molar-refractivity contribution in [3.63, 3.8) is 0 Å². The molecule has 7 nitrogen and oxygen atoms in total. The molecule has 2 rings (SSSR count). The number of aryl methyl sites for hydroxylation is 1. The van der Waals surface area contributed by atoms with Gasteiger partial charge in [0, 0.05) is 13.1 Å². The van der Waals surface area contributed by atoms with Crippen LogP contribution in [-0.4, -0.2) is 55.5 Å². The summed E-state index contributed by atoms with van der Waals surface area (Å²) in [6, 6.07) is 7.54. The van der Waals surface area contributed by atoms with Gasteiger partial charge >= 0.3 is 5.97 Å². The van der Waals surface area contributed by atoms with Crippen LogP contribution in [0.25, 0.3) is 0 Å². The summed E-state index contributed by atoms with van der Waals surface area (Å²) in [5, 5.41) is 2.79. The highest BCUT2D eigenvalue weighted by atomic mass is 16.6. The Morgan fingerprint density at radius 2 is 1.92 bits per heavy atom. The molecule has 1 N–H and O–H groups in total. The van der Waals surface area contributed by atoms with Gasteiger partial charge in [0.15, 0.2) is 13.2 Å². The number of amides is 2. The molecule has 0 aliphatic heterocycles. The van der Waals surface area contributed by atoms with Crippen molar-refractivity contribution in [2.75, 3.05) is 26.8 Å². The number of esters is 1. The van der Waals surface area contributed by atoms with E-state index in [1.165, 1.54) is 11.9 Å². The summed E-state index contributed by atoms with van der Waals surface area (Å²) < 4.78 is 10.2. The Morgan fingerprint density at radius 3 is 2.58 bits per heavy atom. The molecule has 1 aliphatic rings. The lowest BCUT2D eigenvalue weighted by Crippen LogP contribution is -2.40. The molecular formula is C17H22N2O5. The number of likely N-dealkylation sites (N-methyl/N-ethyl adjacent to an activating group) is 1. The van der Waals surface area contributed by atoms with Gasteiger partial charge in [0.05, 0.1) is 6.54 Å². The minimum atomic E-state index is -0.637. The lowest BCUT2D eigenvalue weighted by atomic mass is 10.2. The summed E-state index contributed by atoms with van der Waals surface area (Å²) in [5.41, 5.74) is 0.905. The highest BCUT2D eigenvalue weighted by Crippen LogP contribution is 2.18. The second kappa shape index (κ2) is 8.33. The molecule has 2 amide bonds. The SMILES string of the molecule is Cc1ccccc1OCC(=O)OCC(=O)N(C)CC(=O)NC1CC1. The zero-order valence-electron chi connectivity index (χ0n) is 13.9. The molecule has 24 heavy (non-hydrogen) atoms. The van der Waals surface area contributed by atoms with Gasteiger partial charge in [0.1, 0.15) is 5.75 Å². The average molecular weight is 334 g/mol. The first kappa shape index (κ1) is 17.8. The molecule has 0 aromatic heterocycles. The summed E-state index contributed by atoms with van der Waals surface area (Å²) in [4.78, 5) is 36.3. The molecule has 1 saturated carbocycles. The highest BCUT2D eigenvalue weighted by molar-refractivity contribution is 5.86. The molecule has 1 aliphatic carbocycles. The van der Waals surface area contributed by atoms with Gasteiger partial charge in [0.2, 0.25) is 5.91 Å². The Hall–Kier alpha value is -2.57. The number of ether oxygens (including phenoxy) is 2. The molecule has 7 heteroatoms. The van der Waals surface area contributed by atoms with Crippen LogP contribution in [0, 0.1) is 6.92 Å². The standard InChI is InChI=1S/C17H22N2O5/c1-12-5-3-4-6-14(12)23-11-17(22)24-10-16(21)19(2)9-15(20)18-13-7-8-13/h3-6,13H,7-11H2,1-2H3,(H,18,20). The van der Waals surface area contributed by atoms with Gasteiger partial charge in [-0.1, -0.05) is 18.2 Å². The summed E-state index contributed by atoms with van der Waals surface area (Å²) in [6.45, 7) is 1.13. The molecule has 0 unspecified atom stereocenters. The van der Waals surface area contributed by atoms with Crippen molar-refractivity contribution in [3.8, 4) is 5.75 Å². The van der Waals surface area contributed by atoms with Crippen molar-refractivity contribution in [2.45, 2.75) is 25.8 Å². The quantitative estimate of drug-likeness (QED) is 0.706. The second-order valence-corrected chi connectivity index (χ2v) is 5.81. The fourth-order valence-corrected chi connectivity index (χ4v) is 1.95. The summed E-state index contributed by atoms with van der Waals surface area (Å²) in [6.07, 6.45) is 1.98. The van der Waals surface area contributed by atoms with Crippen LogP contribution in [0.4, 0.5) is 0 Å². The van der Waals surface area contributed by atoms with Crippen molar-refractivity contribution in [1.82, 2.24) is 10.2 Å². The lowest BCUT2D eigenvalue weighted by molar-refractivity contribution is -0.153. The molecule has 0 spiro atoms. The maximum absolute atomic E-state index is 11.8. The van der Waals surface area contributed by atoms with E-state index in [4.69, 9.17) is 9.47 Å². The van der Waals surface area contributed by atoms with Gasteiger partial charge in [0.25, 0.3) is 5.91 Å². The number of nitrogens with one attached hydrogen (secondary N) is 1. The van der Waals surface area contributed by atoms with E-state index in [1.807, 2.05) is 19.1 Å². The molecule has 0 bridgehead atoms. The molecule has 0 atom stereocenters. The molecule has 0 saturated heterocycles. The number of rotatable bonds is 8. The van der Waals surface area contributed by atoms with E-state index in [0.29, 0.717) is 5.75 Å². The van der Waals surface area contributed by atoms with E-state index in [9.17, 15) is 14.4 Å². The van der Waals surface area contributed by atoms with Crippen LogP contribution in [0.3, 0.4) is 0 Å². The number of hydrogen-bond acceptors (Lipinski definition) is 5. The Bertz CT molecular complexity index is 613. The van der Waals surface area contributed by atoms with Gasteiger partial charge in [-0.2, -0.15) is 0 Å². The fraction of sp³-hybridized carbons (Fsp3) is 0.471. The largest absolute Gasteiger partial charge is 0.482 e. The van der Waals surface area contributed by atoms with E-state index in [0.717, 1.165) is 18.4 Å². The Morgan fingerprint density at radius 1 is 1.21 bits per heavy atom. The highest BCUT2D eigenvalue weighted by Gasteiger charge is 2.24. The summed E-state index contributed by atoms with van der Waals surface area (Å²) in [5.74, 6) is -0.690. The average Bonchev–Trinajstić information content (AvgIpc) is 3.35. The zero-order valence-corrected chi connectivity index (χ0v) is 13.9.